The Kier molecular flexibility index (Phi) is 9.05. The maximum absolute atomic E-state index is 14.1. The summed E-state index contributed by atoms with van der Waals surface area (Å²) in [4.78, 5) is 83.4. The largest absolute Gasteiger partial charge is 0.497 e. The van der Waals surface area contributed by atoms with Crippen molar-refractivity contribution in [1.29, 1.82) is 0 Å². The van der Waals surface area contributed by atoms with Gasteiger partial charge in [0.2, 0.25) is 0 Å². The van der Waals surface area contributed by atoms with Gasteiger partial charge in [0.15, 0.2) is 0 Å². The number of ether oxygens (including phenoxy) is 4. The van der Waals surface area contributed by atoms with E-state index in [1.165, 1.54) is 72.4 Å². The summed E-state index contributed by atoms with van der Waals surface area (Å²) in [5.74, 6) is -2.44. The van der Waals surface area contributed by atoms with E-state index in [1.807, 2.05) is 0 Å². The summed E-state index contributed by atoms with van der Waals surface area (Å²) in [5, 5.41) is 8.87. The maximum Gasteiger partial charge on any atom is 0.338 e. The first-order valence-electron chi connectivity index (χ1n) is 17.2. The van der Waals surface area contributed by atoms with E-state index in [-0.39, 0.29) is 71.0 Å². The SMILES string of the molecule is COc1ccc(C(=O)OCCn2nccc2N2C(=O)c3ccc4c5c(ccc(c35)C2=O)C(=O)N(c2ccnn2CCOC(=O)c2ccc(OC)cc2)C4=O)cc1. The molecule has 6 aromatic rings. The molecular weight excluding hydrogens is 724 g/mol. The van der Waals surface area contributed by atoms with Gasteiger partial charge in [-0.05, 0) is 72.8 Å². The Morgan fingerprint density at radius 2 is 0.839 bits per heavy atom. The summed E-state index contributed by atoms with van der Waals surface area (Å²) in [6.45, 7) is -0.157. The molecule has 56 heavy (non-hydrogen) atoms. The monoisotopic (exact) mass is 754 g/mol. The Bertz CT molecular complexity index is 2340. The third-order valence-electron chi connectivity index (χ3n) is 9.47. The van der Waals surface area contributed by atoms with Gasteiger partial charge < -0.3 is 18.9 Å². The fourth-order valence-electron chi connectivity index (χ4n) is 6.74. The highest BCUT2D eigenvalue weighted by atomic mass is 16.5. The molecule has 0 aliphatic carbocycles. The third kappa shape index (κ3) is 5.98. The van der Waals surface area contributed by atoms with Crippen LogP contribution in [0.4, 0.5) is 11.6 Å². The first-order valence-corrected chi connectivity index (χ1v) is 17.2. The van der Waals surface area contributed by atoms with Crippen LogP contribution in [0.2, 0.25) is 0 Å². The molecule has 4 amide bonds. The van der Waals surface area contributed by atoms with Gasteiger partial charge in [0.25, 0.3) is 23.6 Å². The van der Waals surface area contributed by atoms with E-state index in [2.05, 4.69) is 10.2 Å². The minimum absolute atomic E-state index is 0.0297. The van der Waals surface area contributed by atoms with Crippen molar-refractivity contribution >= 4 is 58.0 Å². The highest BCUT2D eigenvalue weighted by Crippen LogP contribution is 2.40. The molecule has 2 aliphatic rings. The van der Waals surface area contributed by atoms with Crippen LogP contribution < -0.4 is 19.3 Å². The normalized spacial score (nSPS) is 13.3. The zero-order chi connectivity index (χ0) is 39.1. The number of nitrogens with zero attached hydrogens (tertiary/aromatic N) is 6. The molecule has 0 saturated carbocycles. The van der Waals surface area contributed by atoms with E-state index in [4.69, 9.17) is 18.9 Å². The van der Waals surface area contributed by atoms with Gasteiger partial charge in [0, 0.05) is 45.2 Å². The van der Waals surface area contributed by atoms with Crippen molar-refractivity contribution < 1.29 is 47.7 Å². The predicted octanol–water partition coefficient (Wildman–Crippen LogP) is 4.57. The van der Waals surface area contributed by atoms with Crippen molar-refractivity contribution in [1.82, 2.24) is 19.6 Å². The number of imide groups is 2. The minimum atomic E-state index is -0.687. The molecule has 0 radical (unpaired) electrons. The highest BCUT2D eigenvalue weighted by molar-refractivity contribution is 6.42. The van der Waals surface area contributed by atoms with Crippen LogP contribution in [0.25, 0.3) is 10.8 Å². The van der Waals surface area contributed by atoms with Crippen molar-refractivity contribution in [3.8, 4) is 11.5 Å². The second-order valence-corrected chi connectivity index (χ2v) is 12.5. The van der Waals surface area contributed by atoms with Gasteiger partial charge in [0.1, 0.15) is 36.3 Å². The summed E-state index contributed by atoms with van der Waals surface area (Å²) >= 11 is 0. The van der Waals surface area contributed by atoms with Crippen LogP contribution >= 0.6 is 0 Å². The van der Waals surface area contributed by atoms with E-state index in [1.54, 1.807) is 48.5 Å². The number of carbonyl (C=O) groups is 6. The van der Waals surface area contributed by atoms with Crippen LogP contribution in [0.1, 0.15) is 62.1 Å². The van der Waals surface area contributed by atoms with Crippen molar-refractivity contribution in [3.05, 3.63) is 131 Å². The third-order valence-corrected chi connectivity index (χ3v) is 9.47. The van der Waals surface area contributed by atoms with Crippen LogP contribution in [0.3, 0.4) is 0 Å². The lowest BCUT2D eigenvalue weighted by molar-refractivity contribution is 0.0478. The second kappa shape index (κ2) is 14.3. The first-order chi connectivity index (χ1) is 27.2. The second-order valence-electron chi connectivity index (χ2n) is 12.5. The maximum atomic E-state index is 14.1. The Morgan fingerprint density at radius 3 is 1.16 bits per heavy atom. The molecule has 0 N–H and O–H groups in total. The molecule has 0 spiro atoms. The fourth-order valence-corrected chi connectivity index (χ4v) is 6.74. The Labute approximate surface area is 317 Å². The van der Waals surface area contributed by atoms with Gasteiger partial charge in [0.05, 0.1) is 50.8 Å². The zero-order valence-corrected chi connectivity index (χ0v) is 29.8. The van der Waals surface area contributed by atoms with Crippen LogP contribution in [-0.4, -0.2) is 82.6 Å². The standard InChI is InChI=1S/C40H30N6O10/c1-53-25-7-3-23(4-8-25)39(51)55-21-19-43-31(15-17-41-43)45-35(47)27-11-13-29-34-30(14-12-28(33(27)34)36(45)48)38(50)46(37(29)49)32-16-18-42-44(32)20-22-56-40(52)24-5-9-26(54-2)10-6-24/h3-18H,19-22H2,1-2H3. The van der Waals surface area contributed by atoms with E-state index in [9.17, 15) is 28.8 Å². The Balaban J connectivity index is 1.01. The Morgan fingerprint density at radius 1 is 0.500 bits per heavy atom. The summed E-state index contributed by atoms with van der Waals surface area (Å²) in [6, 6.07) is 21.6. The number of rotatable bonds is 12. The minimum Gasteiger partial charge on any atom is -0.497 e. The van der Waals surface area contributed by atoms with Crippen molar-refractivity contribution in [2.45, 2.75) is 13.1 Å². The van der Waals surface area contributed by atoms with Gasteiger partial charge in [-0.15, -0.1) is 0 Å². The molecule has 8 rings (SSSR count). The molecule has 0 bridgehead atoms. The molecule has 4 aromatic carbocycles. The fraction of sp³-hybridized carbons (Fsp3) is 0.150. The lowest BCUT2D eigenvalue weighted by Crippen LogP contribution is -2.44. The molecule has 2 aliphatic heterocycles. The molecule has 0 fully saturated rings. The molecular formula is C40H30N6O10. The summed E-state index contributed by atoms with van der Waals surface area (Å²) in [7, 11) is 3.04. The van der Waals surface area contributed by atoms with Gasteiger partial charge in [-0.2, -0.15) is 10.2 Å². The van der Waals surface area contributed by atoms with E-state index >= 15 is 0 Å². The van der Waals surface area contributed by atoms with E-state index in [0.717, 1.165) is 9.80 Å². The van der Waals surface area contributed by atoms with Crippen molar-refractivity contribution in [2.75, 3.05) is 37.2 Å². The molecule has 16 nitrogen and oxygen atoms in total. The molecule has 4 heterocycles. The number of methoxy groups -OCH3 is 2. The topological polar surface area (TPSA) is 181 Å². The number of hydrogen-bond donors (Lipinski definition) is 0. The molecule has 280 valence electrons. The van der Waals surface area contributed by atoms with Gasteiger partial charge >= 0.3 is 11.9 Å². The molecule has 0 unspecified atom stereocenters. The number of amides is 4. The van der Waals surface area contributed by atoms with Crippen LogP contribution in [0.15, 0.2) is 97.3 Å². The molecule has 2 aromatic heterocycles. The van der Waals surface area contributed by atoms with Crippen LogP contribution in [-0.2, 0) is 22.6 Å². The summed E-state index contributed by atoms with van der Waals surface area (Å²) in [5.41, 5.74) is 1.07. The van der Waals surface area contributed by atoms with E-state index in [0.29, 0.717) is 22.6 Å². The number of esters is 2. The Hall–Kier alpha value is -7.62. The quantitative estimate of drug-likeness (QED) is 0.126. The number of aromatic nitrogens is 4. The molecule has 0 saturated heterocycles. The van der Waals surface area contributed by atoms with Gasteiger partial charge in [-0.25, -0.2) is 28.8 Å². The average Bonchev–Trinajstić information content (AvgIpc) is 3.89. The average molecular weight is 755 g/mol. The molecule has 16 heteroatoms. The smallest absolute Gasteiger partial charge is 0.338 e. The van der Waals surface area contributed by atoms with Crippen LogP contribution in [0, 0.1) is 0 Å². The highest BCUT2D eigenvalue weighted by Gasteiger charge is 2.42. The number of hydrogen-bond acceptors (Lipinski definition) is 12. The van der Waals surface area contributed by atoms with E-state index < -0.39 is 35.6 Å². The lowest BCUT2D eigenvalue weighted by atomic mass is 9.86. The number of carbonyl (C=O) groups excluding carboxylic acids is 6. The van der Waals surface area contributed by atoms with Crippen molar-refractivity contribution in [3.63, 3.8) is 0 Å². The van der Waals surface area contributed by atoms with Gasteiger partial charge in [-0.1, -0.05) is 0 Å². The number of anilines is 2. The zero-order valence-electron chi connectivity index (χ0n) is 29.8. The predicted molar refractivity (Wildman–Crippen MR) is 197 cm³/mol. The summed E-state index contributed by atoms with van der Waals surface area (Å²) < 4.78 is 23.8. The lowest BCUT2D eigenvalue weighted by Gasteiger charge is -2.31. The van der Waals surface area contributed by atoms with Gasteiger partial charge in [-0.3, -0.25) is 19.2 Å². The van der Waals surface area contributed by atoms with Crippen LogP contribution in [0.5, 0.6) is 11.5 Å². The first kappa shape index (κ1) is 35.4. The van der Waals surface area contributed by atoms with Crippen molar-refractivity contribution in [2.24, 2.45) is 0 Å². The molecule has 0 atom stereocenters. The number of benzene rings is 4. The summed E-state index contributed by atoms with van der Waals surface area (Å²) in [6.07, 6.45) is 2.83.